The van der Waals surface area contributed by atoms with Crippen molar-refractivity contribution in [1.82, 2.24) is 48.3 Å². The minimum Gasteiger partial charge on any atom is -1.00 e. The van der Waals surface area contributed by atoms with Gasteiger partial charge in [0.2, 0.25) is 0 Å². The maximum Gasteiger partial charge on any atom is 2.00 e. The number of aromatic amines is 1. The topological polar surface area (TPSA) is 187 Å². The van der Waals surface area contributed by atoms with Crippen LogP contribution in [0.4, 0.5) is 8.78 Å². The van der Waals surface area contributed by atoms with Crippen LogP contribution in [0, 0.1) is 31.4 Å². The molecule has 1 amide bonds. The standard InChI is InChI=1S/C48H48F2N10O5.CH4.Ca.H2O.2H/c1-25-18-32(19-26(2)40(25)49)60-42(58-16-15-57(46(58)63)37-11-10-36-33(41(37)50)24-51-55(36)7)39-28(4)56(14-12-34(39)53-60)43(61)38-21-31-20-29(30-13-17-64-47(5,6)23-30)8-9-35(31)59(38)48(22-27(48)3)44-52-45(62)65-54-44;;;;;/h8-11,15-16,18-21,24,27-28,30H,12-14,17,22-23H2,1-7H3,(H,52,54,62);1H4;;1H2;;/q;;+2;;2*-1/t27-,28-,30-,48-;;;;;/m0...../s1. The summed E-state index contributed by atoms with van der Waals surface area (Å²) >= 11 is 0. The average molecular weight is 959 g/mol. The molecule has 2 aliphatic heterocycles. The molecule has 2 fully saturated rings. The molecular formula is C49H56CaF2N10O6. The van der Waals surface area contributed by atoms with Crippen molar-refractivity contribution in [2.45, 2.75) is 97.8 Å². The van der Waals surface area contributed by atoms with Crippen LogP contribution >= 0.6 is 0 Å². The van der Waals surface area contributed by atoms with E-state index in [0.717, 1.165) is 29.3 Å². The van der Waals surface area contributed by atoms with Gasteiger partial charge in [0.25, 0.3) is 5.91 Å². The van der Waals surface area contributed by atoms with E-state index in [2.05, 4.69) is 54.2 Å². The van der Waals surface area contributed by atoms with Crippen molar-refractivity contribution in [3.8, 4) is 17.2 Å². The van der Waals surface area contributed by atoms with E-state index in [0.29, 0.717) is 76.9 Å². The van der Waals surface area contributed by atoms with Crippen molar-refractivity contribution in [3.63, 3.8) is 0 Å². The molecule has 0 bridgehead atoms. The van der Waals surface area contributed by atoms with Gasteiger partial charge in [-0.05, 0) is 125 Å². The Bertz CT molecular complexity index is 3400. The summed E-state index contributed by atoms with van der Waals surface area (Å²) in [6, 6.07) is 14.3. The van der Waals surface area contributed by atoms with E-state index < -0.39 is 28.8 Å². The summed E-state index contributed by atoms with van der Waals surface area (Å²) in [5.41, 5.74) is 3.92. The van der Waals surface area contributed by atoms with Crippen molar-refractivity contribution >= 4 is 65.5 Å². The Kier molecular flexibility index (Phi) is 12.5. The number of amides is 1. The molecule has 0 radical (unpaired) electrons. The number of benzene rings is 3. The van der Waals surface area contributed by atoms with E-state index in [4.69, 9.17) is 14.4 Å². The second kappa shape index (κ2) is 17.4. The van der Waals surface area contributed by atoms with E-state index in [1.165, 1.54) is 21.5 Å². The largest absolute Gasteiger partial charge is 2.00 e. The third-order valence-corrected chi connectivity index (χ3v) is 14.2. The molecule has 0 spiro atoms. The summed E-state index contributed by atoms with van der Waals surface area (Å²) in [6.07, 6.45) is 7.17. The van der Waals surface area contributed by atoms with Gasteiger partial charge in [-0.15, -0.1) is 0 Å². The first-order chi connectivity index (χ1) is 31.1. The number of rotatable bonds is 7. The number of nitrogens with zero attached hydrogens (tertiary/aromatic N) is 9. The molecule has 68 heavy (non-hydrogen) atoms. The van der Waals surface area contributed by atoms with Crippen LogP contribution in [0.3, 0.4) is 0 Å². The number of ether oxygens (including phenoxy) is 1. The molecule has 16 nitrogen and oxygen atoms in total. The molecule has 3 N–H and O–H groups in total. The Balaban J connectivity index is 0.00000161. The fourth-order valence-electron chi connectivity index (χ4n) is 10.8. The van der Waals surface area contributed by atoms with Gasteiger partial charge in [-0.25, -0.2) is 23.1 Å². The minimum atomic E-state index is -0.857. The molecule has 3 aliphatic rings. The third-order valence-electron chi connectivity index (χ3n) is 14.2. The Hall–Kier alpha value is -5.66. The van der Waals surface area contributed by atoms with E-state index in [1.807, 2.05) is 17.6 Å². The molecule has 0 unspecified atom stereocenters. The molecule has 8 aromatic rings. The zero-order chi connectivity index (χ0) is 45.4. The van der Waals surface area contributed by atoms with Crippen molar-refractivity contribution in [2.24, 2.45) is 13.0 Å². The number of imidazole rings is 1. The van der Waals surface area contributed by atoms with Gasteiger partial charge in [0.15, 0.2) is 11.6 Å². The van der Waals surface area contributed by atoms with Gasteiger partial charge in [-0.3, -0.25) is 28.1 Å². The fraction of sp³-hybridized carbons (Fsp3) is 0.388. The molecule has 3 aromatic carbocycles. The van der Waals surface area contributed by atoms with Gasteiger partial charge < -0.3 is 22.5 Å². The summed E-state index contributed by atoms with van der Waals surface area (Å²) in [5, 5.41) is 14.6. The van der Waals surface area contributed by atoms with Gasteiger partial charge in [-0.2, -0.15) is 10.2 Å². The van der Waals surface area contributed by atoms with E-state index in [9.17, 15) is 9.59 Å². The number of aromatic nitrogens is 9. The quantitative estimate of drug-likeness (QED) is 0.164. The molecular weight excluding hydrogens is 903 g/mol. The Morgan fingerprint density at radius 2 is 1.66 bits per heavy atom. The third kappa shape index (κ3) is 7.41. The zero-order valence-electron chi connectivity index (χ0n) is 40.4. The Labute approximate surface area is 422 Å². The SMILES string of the molecule is C.Cc1cc(-n2nc3c(c2-n2ccn(-c4ccc5c(cnn5C)c4F)c2=O)[C@H](C)N(C(=O)c2cc4cc([C@H]5CCOC(C)(C)C5)ccc4n2[C@@]2(c4noc(=O)[nH]4)C[C@@H]2C)CC3)cc(C)c1F.O.[Ca+2].[H-].[H-]. The van der Waals surface area contributed by atoms with Crippen LogP contribution in [0.1, 0.15) is 113 Å². The number of hydrogen-bond acceptors (Lipinski definition) is 8. The van der Waals surface area contributed by atoms with Crippen LogP contribution in [0.25, 0.3) is 39.0 Å². The minimum absolute atomic E-state index is 0. The molecule has 19 heteroatoms. The summed E-state index contributed by atoms with van der Waals surface area (Å²) in [7, 11) is 1.72. The molecule has 4 atom stereocenters. The van der Waals surface area contributed by atoms with Crippen molar-refractivity contribution in [1.29, 1.82) is 0 Å². The van der Waals surface area contributed by atoms with Crippen LogP contribution in [0.15, 0.2) is 81.2 Å². The number of nitrogens with one attached hydrogen (secondary N) is 1. The van der Waals surface area contributed by atoms with Crippen molar-refractivity contribution in [3.05, 3.63) is 139 Å². The van der Waals surface area contributed by atoms with E-state index in [1.54, 1.807) is 65.6 Å². The molecule has 11 rings (SSSR count). The van der Waals surface area contributed by atoms with Gasteiger partial charge in [0.1, 0.15) is 22.9 Å². The smallest absolute Gasteiger partial charge is 1.00 e. The van der Waals surface area contributed by atoms with Crippen LogP contribution in [-0.2, 0) is 23.7 Å². The number of carbonyl (C=O) groups is 1. The number of aryl methyl sites for hydroxylation is 3. The Morgan fingerprint density at radius 3 is 2.34 bits per heavy atom. The predicted molar refractivity (Wildman–Crippen MR) is 256 cm³/mol. The molecule has 354 valence electrons. The fourth-order valence-corrected chi connectivity index (χ4v) is 10.8. The number of H-pyrrole nitrogens is 1. The number of halogens is 2. The summed E-state index contributed by atoms with van der Waals surface area (Å²) in [5.74, 6) is -0.925. The maximum absolute atomic E-state index is 16.1. The number of fused-ring (bicyclic) bond motifs is 3. The Morgan fingerprint density at radius 1 is 0.956 bits per heavy atom. The van der Waals surface area contributed by atoms with Crippen LogP contribution < -0.4 is 11.4 Å². The average Bonchev–Trinajstić information content (AvgIpc) is 3.90. The van der Waals surface area contributed by atoms with Crippen LogP contribution in [0.2, 0.25) is 0 Å². The number of hydrogen-bond donors (Lipinski definition) is 1. The van der Waals surface area contributed by atoms with Crippen molar-refractivity contribution < 1.29 is 31.2 Å². The summed E-state index contributed by atoms with van der Waals surface area (Å²) in [6.45, 7) is 12.5. The van der Waals surface area contributed by atoms with Crippen LogP contribution in [0.5, 0.6) is 0 Å². The first kappa shape index (κ1) is 48.8. The normalized spacial score (nSPS) is 20.7. The summed E-state index contributed by atoms with van der Waals surface area (Å²) < 4.78 is 50.2. The summed E-state index contributed by atoms with van der Waals surface area (Å²) in [4.78, 5) is 47.2. The first-order valence-electron chi connectivity index (χ1n) is 22.0. The predicted octanol–water partition coefficient (Wildman–Crippen LogP) is 7.10. The molecule has 1 aliphatic carbocycles. The van der Waals surface area contributed by atoms with Gasteiger partial charge >= 0.3 is 49.2 Å². The van der Waals surface area contributed by atoms with Gasteiger partial charge in [0.05, 0.1) is 45.8 Å². The molecule has 1 saturated carbocycles. The first-order valence-corrected chi connectivity index (χ1v) is 22.0. The monoisotopic (exact) mass is 958 g/mol. The van der Waals surface area contributed by atoms with Gasteiger partial charge in [-0.1, -0.05) is 25.6 Å². The van der Waals surface area contributed by atoms with Crippen LogP contribution in [-0.4, -0.2) is 116 Å². The maximum atomic E-state index is 16.1. The van der Waals surface area contributed by atoms with E-state index >= 15 is 13.6 Å². The second-order valence-electron chi connectivity index (χ2n) is 18.8. The van der Waals surface area contributed by atoms with Crippen molar-refractivity contribution in [2.75, 3.05) is 13.2 Å². The molecule has 1 saturated heterocycles. The number of carbonyl (C=O) groups excluding carboxylic acids is 1. The molecule has 7 heterocycles. The second-order valence-corrected chi connectivity index (χ2v) is 18.8. The molecule has 5 aromatic heterocycles. The van der Waals surface area contributed by atoms with E-state index in [-0.39, 0.29) is 93.7 Å². The zero-order valence-corrected chi connectivity index (χ0v) is 40.6. The van der Waals surface area contributed by atoms with Gasteiger partial charge in [0, 0.05) is 55.5 Å².